The fourth-order valence-corrected chi connectivity index (χ4v) is 2.35. The molecule has 0 N–H and O–H groups in total. The molecule has 4 heteroatoms. The molecule has 4 nitrogen and oxygen atoms in total. The minimum atomic E-state index is 0.138. The van der Waals surface area contributed by atoms with E-state index >= 15 is 0 Å². The summed E-state index contributed by atoms with van der Waals surface area (Å²) in [5.41, 5.74) is 1.65. The van der Waals surface area contributed by atoms with Gasteiger partial charge in [0, 0.05) is 35.8 Å². The van der Waals surface area contributed by atoms with Crippen LogP contribution in [0.3, 0.4) is 0 Å². The van der Waals surface area contributed by atoms with Crippen molar-refractivity contribution in [2.75, 3.05) is 7.05 Å². The Hall–Kier alpha value is -2.10. The predicted molar refractivity (Wildman–Crippen MR) is 73.1 cm³/mol. The van der Waals surface area contributed by atoms with Crippen molar-refractivity contribution in [1.29, 1.82) is 0 Å². The maximum Gasteiger partial charge on any atom is 0.242 e. The molecule has 1 saturated carbocycles. The molecule has 0 atom stereocenters. The van der Waals surface area contributed by atoms with E-state index < -0.39 is 0 Å². The molecular formula is C15H16N2O2. The number of amides is 1. The monoisotopic (exact) mass is 256 g/mol. The molecular weight excluding hydrogens is 240 g/mol. The van der Waals surface area contributed by atoms with Crippen molar-refractivity contribution in [2.24, 2.45) is 0 Å². The standard InChI is InChI=1S/C15H16N2O2/c1-16(13-3-4-13)15(19)9-17-7-6-12-8-11(10-18)2-5-14(12)17/h2,5-8,10,13H,3-4,9H2,1H3. The number of fused-ring (bicyclic) bond motifs is 1. The molecule has 0 aliphatic heterocycles. The summed E-state index contributed by atoms with van der Waals surface area (Å²) in [7, 11) is 1.87. The lowest BCUT2D eigenvalue weighted by atomic mass is 10.2. The van der Waals surface area contributed by atoms with Gasteiger partial charge < -0.3 is 9.47 Å². The lowest BCUT2D eigenvalue weighted by molar-refractivity contribution is -0.130. The summed E-state index contributed by atoms with van der Waals surface area (Å²) < 4.78 is 1.94. The van der Waals surface area contributed by atoms with Gasteiger partial charge in [0.05, 0.1) is 0 Å². The lowest BCUT2D eigenvalue weighted by Crippen LogP contribution is -2.31. The van der Waals surface area contributed by atoms with E-state index in [0.29, 0.717) is 18.2 Å². The molecule has 1 fully saturated rings. The van der Waals surface area contributed by atoms with Crippen molar-refractivity contribution in [1.82, 2.24) is 9.47 Å². The van der Waals surface area contributed by atoms with Crippen LogP contribution in [0.4, 0.5) is 0 Å². The highest BCUT2D eigenvalue weighted by molar-refractivity contribution is 5.88. The molecule has 1 amide bonds. The molecule has 98 valence electrons. The third-order valence-electron chi connectivity index (χ3n) is 3.72. The summed E-state index contributed by atoms with van der Waals surface area (Å²) in [4.78, 5) is 24.7. The van der Waals surface area contributed by atoms with Gasteiger partial charge in [0.1, 0.15) is 12.8 Å². The van der Waals surface area contributed by atoms with Crippen LogP contribution in [0.5, 0.6) is 0 Å². The van der Waals surface area contributed by atoms with Crippen LogP contribution >= 0.6 is 0 Å². The second-order valence-corrected chi connectivity index (χ2v) is 5.12. The zero-order valence-corrected chi connectivity index (χ0v) is 10.9. The van der Waals surface area contributed by atoms with Crippen LogP contribution in [0.1, 0.15) is 23.2 Å². The van der Waals surface area contributed by atoms with E-state index in [2.05, 4.69) is 0 Å². The van der Waals surface area contributed by atoms with Gasteiger partial charge >= 0.3 is 0 Å². The second kappa shape index (κ2) is 4.53. The van der Waals surface area contributed by atoms with Crippen molar-refractivity contribution in [3.05, 3.63) is 36.0 Å². The van der Waals surface area contributed by atoms with Gasteiger partial charge in [-0.25, -0.2) is 0 Å². The number of hydrogen-bond donors (Lipinski definition) is 0. The Morgan fingerprint density at radius 3 is 2.89 bits per heavy atom. The number of benzene rings is 1. The largest absolute Gasteiger partial charge is 0.341 e. The maximum absolute atomic E-state index is 12.1. The highest BCUT2D eigenvalue weighted by Gasteiger charge is 2.29. The van der Waals surface area contributed by atoms with Gasteiger partial charge in [-0.05, 0) is 37.1 Å². The Morgan fingerprint density at radius 1 is 1.42 bits per heavy atom. The van der Waals surface area contributed by atoms with Crippen LogP contribution in [-0.2, 0) is 11.3 Å². The number of carbonyl (C=O) groups is 2. The van der Waals surface area contributed by atoms with E-state index in [1.807, 2.05) is 40.9 Å². The molecule has 0 bridgehead atoms. The highest BCUT2D eigenvalue weighted by atomic mass is 16.2. The Balaban J connectivity index is 1.84. The van der Waals surface area contributed by atoms with Crippen LogP contribution in [0.25, 0.3) is 10.9 Å². The third-order valence-corrected chi connectivity index (χ3v) is 3.72. The summed E-state index contributed by atoms with van der Waals surface area (Å²) in [6, 6.07) is 7.89. The molecule has 2 aromatic rings. The van der Waals surface area contributed by atoms with Gasteiger partial charge in [0.25, 0.3) is 0 Å². The molecule has 1 heterocycles. The normalized spacial score (nSPS) is 14.6. The number of likely N-dealkylation sites (N-methyl/N-ethyl adjacent to an activating group) is 1. The van der Waals surface area contributed by atoms with Crippen LogP contribution in [0.2, 0.25) is 0 Å². The molecule has 1 aromatic carbocycles. The lowest BCUT2D eigenvalue weighted by Gasteiger charge is -2.17. The first kappa shape index (κ1) is 12.0. The van der Waals surface area contributed by atoms with Gasteiger partial charge in [-0.15, -0.1) is 0 Å². The summed E-state index contributed by atoms with van der Waals surface area (Å²) in [5, 5.41) is 0.992. The van der Waals surface area contributed by atoms with E-state index in [-0.39, 0.29) is 5.91 Å². The molecule has 1 aromatic heterocycles. The Bertz CT molecular complexity index is 641. The Labute approximate surface area is 111 Å². The van der Waals surface area contributed by atoms with Gasteiger partial charge in [-0.1, -0.05) is 0 Å². The average molecular weight is 256 g/mol. The fourth-order valence-electron chi connectivity index (χ4n) is 2.35. The second-order valence-electron chi connectivity index (χ2n) is 5.12. The maximum atomic E-state index is 12.1. The molecule has 0 saturated heterocycles. The molecule has 0 unspecified atom stereocenters. The number of rotatable bonds is 4. The number of nitrogens with zero attached hydrogens (tertiary/aromatic N) is 2. The number of carbonyl (C=O) groups excluding carboxylic acids is 2. The molecule has 1 aliphatic carbocycles. The zero-order valence-electron chi connectivity index (χ0n) is 10.9. The van der Waals surface area contributed by atoms with Crippen molar-refractivity contribution < 1.29 is 9.59 Å². The van der Waals surface area contributed by atoms with Gasteiger partial charge in [-0.2, -0.15) is 0 Å². The van der Waals surface area contributed by atoms with Gasteiger partial charge in [-0.3, -0.25) is 9.59 Å². The average Bonchev–Trinajstić information content (AvgIpc) is 3.20. The fraction of sp³-hybridized carbons (Fsp3) is 0.333. The summed E-state index contributed by atoms with van der Waals surface area (Å²) in [5.74, 6) is 0.138. The molecule has 0 spiro atoms. The van der Waals surface area contributed by atoms with Crippen molar-refractivity contribution >= 4 is 23.1 Å². The van der Waals surface area contributed by atoms with Crippen LogP contribution < -0.4 is 0 Å². The van der Waals surface area contributed by atoms with E-state index in [1.165, 1.54) is 0 Å². The molecule has 1 aliphatic rings. The first-order valence-corrected chi connectivity index (χ1v) is 6.49. The van der Waals surface area contributed by atoms with Gasteiger partial charge in [0.2, 0.25) is 5.91 Å². The quantitative estimate of drug-likeness (QED) is 0.786. The topological polar surface area (TPSA) is 42.3 Å². The minimum absolute atomic E-state index is 0.138. The molecule has 0 radical (unpaired) electrons. The van der Waals surface area contributed by atoms with E-state index in [4.69, 9.17) is 0 Å². The summed E-state index contributed by atoms with van der Waals surface area (Å²) in [6.07, 6.45) is 4.98. The number of aldehydes is 1. The predicted octanol–water partition coefficient (Wildman–Crippen LogP) is 2.07. The van der Waals surface area contributed by atoms with Crippen LogP contribution in [0.15, 0.2) is 30.5 Å². The third kappa shape index (κ3) is 2.26. The number of hydrogen-bond acceptors (Lipinski definition) is 2. The van der Waals surface area contributed by atoms with Crippen LogP contribution in [-0.4, -0.2) is 34.7 Å². The first-order valence-electron chi connectivity index (χ1n) is 6.49. The molecule has 3 rings (SSSR count). The van der Waals surface area contributed by atoms with Crippen molar-refractivity contribution in [2.45, 2.75) is 25.4 Å². The summed E-state index contributed by atoms with van der Waals surface area (Å²) >= 11 is 0. The van der Waals surface area contributed by atoms with E-state index in [1.54, 1.807) is 6.07 Å². The highest BCUT2D eigenvalue weighted by Crippen LogP contribution is 2.26. The van der Waals surface area contributed by atoms with E-state index in [0.717, 1.165) is 30.0 Å². The summed E-state index contributed by atoms with van der Waals surface area (Å²) in [6.45, 7) is 0.358. The van der Waals surface area contributed by atoms with Crippen molar-refractivity contribution in [3.63, 3.8) is 0 Å². The SMILES string of the molecule is CN(C(=O)Cn1ccc2cc(C=O)ccc21)C1CC1. The minimum Gasteiger partial charge on any atom is -0.341 e. The van der Waals surface area contributed by atoms with E-state index in [9.17, 15) is 9.59 Å². The Morgan fingerprint density at radius 2 is 2.21 bits per heavy atom. The Kier molecular flexibility index (Phi) is 2.85. The molecule has 19 heavy (non-hydrogen) atoms. The smallest absolute Gasteiger partial charge is 0.242 e. The van der Waals surface area contributed by atoms with Crippen molar-refractivity contribution in [3.8, 4) is 0 Å². The van der Waals surface area contributed by atoms with Crippen LogP contribution in [0, 0.1) is 0 Å². The zero-order chi connectivity index (χ0) is 13.4. The number of aromatic nitrogens is 1. The first-order chi connectivity index (χ1) is 9.19. The van der Waals surface area contributed by atoms with Gasteiger partial charge in [0.15, 0.2) is 0 Å².